The van der Waals surface area contributed by atoms with Crippen LogP contribution in [-0.4, -0.2) is 23.1 Å². The lowest BCUT2D eigenvalue weighted by Gasteiger charge is -2.10. The molecule has 0 radical (unpaired) electrons. The number of carbonyl (C=O) groups excluding carboxylic acids is 1. The van der Waals surface area contributed by atoms with Crippen molar-refractivity contribution in [1.82, 2.24) is 15.2 Å². The van der Waals surface area contributed by atoms with Gasteiger partial charge in [-0.1, -0.05) is 0 Å². The Morgan fingerprint density at radius 2 is 2.50 bits per heavy atom. The molecule has 1 amide bonds. The zero-order chi connectivity index (χ0) is 11.4. The lowest BCUT2D eigenvalue weighted by atomic mass is 10.2. The Kier molecular flexibility index (Phi) is 3.62. The Balaban J connectivity index is 1.69. The lowest BCUT2D eigenvalue weighted by molar-refractivity contribution is -0.119. The van der Waals surface area contributed by atoms with Crippen molar-refractivity contribution in [1.29, 1.82) is 0 Å². The van der Waals surface area contributed by atoms with Crippen LogP contribution in [0.3, 0.4) is 0 Å². The topological polar surface area (TPSA) is 46.1 Å². The van der Waals surface area contributed by atoms with Crippen molar-refractivity contribution in [2.24, 2.45) is 0 Å². The molecule has 2 N–H and O–H groups in total. The SMILES string of the molecule is CCn1ccc(CNCC2CCC(=O)N2)c1. The first-order valence-electron chi connectivity index (χ1n) is 5.92. The first-order valence-corrected chi connectivity index (χ1v) is 5.92. The molecule has 2 rings (SSSR count). The Morgan fingerprint density at radius 3 is 3.12 bits per heavy atom. The van der Waals surface area contributed by atoms with E-state index in [9.17, 15) is 4.79 Å². The molecule has 1 unspecified atom stereocenters. The molecule has 1 aliphatic heterocycles. The molecule has 0 bridgehead atoms. The molecule has 0 aliphatic carbocycles. The Bertz CT molecular complexity index is 359. The van der Waals surface area contributed by atoms with E-state index < -0.39 is 0 Å². The maximum absolute atomic E-state index is 11.0. The fraction of sp³-hybridized carbons (Fsp3) is 0.583. The third-order valence-electron chi connectivity index (χ3n) is 2.98. The molecule has 1 aliphatic rings. The fourth-order valence-corrected chi connectivity index (χ4v) is 2.01. The van der Waals surface area contributed by atoms with Crippen molar-refractivity contribution in [2.45, 2.75) is 38.9 Å². The van der Waals surface area contributed by atoms with Crippen LogP contribution in [0.25, 0.3) is 0 Å². The first kappa shape index (κ1) is 11.2. The quantitative estimate of drug-likeness (QED) is 0.775. The highest BCUT2D eigenvalue weighted by atomic mass is 16.1. The highest BCUT2D eigenvalue weighted by Crippen LogP contribution is 2.06. The number of hydrogen-bond acceptors (Lipinski definition) is 2. The van der Waals surface area contributed by atoms with Crippen molar-refractivity contribution in [2.75, 3.05) is 6.54 Å². The number of hydrogen-bond donors (Lipinski definition) is 2. The molecule has 4 nitrogen and oxygen atoms in total. The van der Waals surface area contributed by atoms with Gasteiger partial charge in [-0.05, 0) is 25.0 Å². The van der Waals surface area contributed by atoms with E-state index in [1.165, 1.54) is 5.56 Å². The number of nitrogens with zero attached hydrogens (tertiary/aromatic N) is 1. The molecule has 1 fully saturated rings. The van der Waals surface area contributed by atoms with Crippen LogP contribution in [0.2, 0.25) is 0 Å². The first-order chi connectivity index (χ1) is 7.78. The fourth-order valence-electron chi connectivity index (χ4n) is 2.01. The summed E-state index contributed by atoms with van der Waals surface area (Å²) in [5.74, 6) is 0.184. The van der Waals surface area contributed by atoms with Gasteiger partial charge in [0.25, 0.3) is 0 Å². The highest BCUT2D eigenvalue weighted by molar-refractivity contribution is 5.78. The van der Waals surface area contributed by atoms with Crippen molar-refractivity contribution >= 4 is 5.91 Å². The Morgan fingerprint density at radius 1 is 1.62 bits per heavy atom. The van der Waals surface area contributed by atoms with Crippen molar-refractivity contribution in [3.05, 3.63) is 24.0 Å². The third-order valence-corrected chi connectivity index (χ3v) is 2.98. The van der Waals surface area contributed by atoms with Gasteiger partial charge in [0.2, 0.25) is 5.91 Å². The minimum Gasteiger partial charge on any atom is -0.354 e. The average molecular weight is 221 g/mol. The zero-order valence-corrected chi connectivity index (χ0v) is 9.70. The predicted molar refractivity (Wildman–Crippen MR) is 63.0 cm³/mol. The molecule has 1 aromatic rings. The van der Waals surface area contributed by atoms with Gasteiger partial charge in [-0.25, -0.2) is 0 Å². The second-order valence-corrected chi connectivity index (χ2v) is 4.28. The molecule has 1 atom stereocenters. The summed E-state index contributed by atoms with van der Waals surface area (Å²) in [4.78, 5) is 11.0. The van der Waals surface area contributed by atoms with E-state index >= 15 is 0 Å². The van der Waals surface area contributed by atoms with Gasteiger partial charge < -0.3 is 15.2 Å². The van der Waals surface area contributed by atoms with E-state index in [2.05, 4.69) is 40.6 Å². The largest absolute Gasteiger partial charge is 0.354 e. The molecule has 88 valence electrons. The average Bonchev–Trinajstić information content (AvgIpc) is 2.88. The van der Waals surface area contributed by atoms with Crippen molar-refractivity contribution < 1.29 is 4.79 Å². The van der Waals surface area contributed by atoms with Crippen LogP contribution < -0.4 is 10.6 Å². The van der Waals surface area contributed by atoms with E-state index in [1.807, 2.05) is 0 Å². The molecule has 0 aromatic carbocycles. The van der Waals surface area contributed by atoms with Gasteiger partial charge in [-0.15, -0.1) is 0 Å². The monoisotopic (exact) mass is 221 g/mol. The van der Waals surface area contributed by atoms with Crippen LogP contribution >= 0.6 is 0 Å². The Hall–Kier alpha value is -1.29. The number of nitrogens with one attached hydrogen (secondary N) is 2. The zero-order valence-electron chi connectivity index (χ0n) is 9.70. The van der Waals surface area contributed by atoms with Crippen LogP contribution in [-0.2, 0) is 17.9 Å². The molecule has 16 heavy (non-hydrogen) atoms. The van der Waals surface area contributed by atoms with E-state index in [0.29, 0.717) is 12.5 Å². The smallest absolute Gasteiger partial charge is 0.220 e. The van der Waals surface area contributed by atoms with Crippen LogP contribution in [0.1, 0.15) is 25.3 Å². The number of amides is 1. The van der Waals surface area contributed by atoms with E-state index in [0.717, 1.165) is 26.1 Å². The standard InChI is InChI=1S/C12H19N3O/c1-2-15-6-5-10(9-15)7-13-8-11-3-4-12(16)14-11/h5-6,9,11,13H,2-4,7-8H2,1H3,(H,14,16). The second-order valence-electron chi connectivity index (χ2n) is 4.28. The van der Waals surface area contributed by atoms with Crippen LogP contribution in [0.5, 0.6) is 0 Å². The molecular weight excluding hydrogens is 202 g/mol. The predicted octanol–water partition coefficient (Wildman–Crippen LogP) is 0.876. The summed E-state index contributed by atoms with van der Waals surface area (Å²) >= 11 is 0. The van der Waals surface area contributed by atoms with Gasteiger partial charge in [-0.3, -0.25) is 4.79 Å². The van der Waals surface area contributed by atoms with E-state index in [1.54, 1.807) is 0 Å². The van der Waals surface area contributed by atoms with Gasteiger partial charge >= 0.3 is 0 Å². The summed E-state index contributed by atoms with van der Waals surface area (Å²) < 4.78 is 2.16. The number of aromatic nitrogens is 1. The molecule has 0 spiro atoms. The molecular formula is C12H19N3O. The summed E-state index contributed by atoms with van der Waals surface area (Å²) in [6.45, 7) is 4.88. The number of aryl methyl sites for hydroxylation is 1. The van der Waals surface area contributed by atoms with Gasteiger partial charge in [0.1, 0.15) is 0 Å². The van der Waals surface area contributed by atoms with Crippen molar-refractivity contribution in [3.63, 3.8) is 0 Å². The van der Waals surface area contributed by atoms with Gasteiger partial charge in [-0.2, -0.15) is 0 Å². The summed E-state index contributed by atoms with van der Waals surface area (Å²) in [7, 11) is 0. The van der Waals surface area contributed by atoms with Crippen LogP contribution in [0.15, 0.2) is 18.5 Å². The van der Waals surface area contributed by atoms with Gasteiger partial charge in [0.15, 0.2) is 0 Å². The molecule has 2 heterocycles. The second kappa shape index (κ2) is 5.16. The molecule has 1 saturated heterocycles. The third kappa shape index (κ3) is 2.85. The van der Waals surface area contributed by atoms with Gasteiger partial charge in [0, 0.05) is 44.5 Å². The maximum atomic E-state index is 11.0. The molecule has 1 aromatic heterocycles. The molecule has 0 saturated carbocycles. The van der Waals surface area contributed by atoms with Crippen molar-refractivity contribution in [3.8, 4) is 0 Å². The van der Waals surface area contributed by atoms with Gasteiger partial charge in [0.05, 0.1) is 0 Å². The summed E-state index contributed by atoms with van der Waals surface area (Å²) in [6, 6.07) is 2.45. The van der Waals surface area contributed by atoms with E-state index in [4.69, 9.17) is 0 Å². The number of carbonyl (C=O) groups is 1. The summed E-state index contributed by atoms with van der Waals surface area (Å²) in [5.41, 5.74) is 1.30. The molecule has 4 heteroatoms. The summed E-state index contributed by atoms with van der Waals surface area (Å²) in [6.07, 6.45) is 5.88. The minimum absolute atomic E-state index is 0.184. The van der Waals surface area contributed by atoms with E-state index in [-0.39, 0.29) is 5.91 Å². The van der Waals surface area contributed by atoms with Crippen LogP contribution in [0.4, 0.5) is 0 Å². The highest BCUT2D eigenvalue weighted by Gasteiger charge is 2.19. The Labute approximate surface area is 96.0 Å². The summed E-state index contributed by atoms with van der Waals surface area (Å²) in [5, 5.41) is 6.32. The van der Waals surface area contributed by atoms with Crippen LogP contribution in [0, 0.1) is 0 Å². The maximum Gasteiger partial charge on any atom is 0.220 e. The normalized spacial score (nSPS) is 20.1. The number of rotatable bonds is 5. The minimum atomic E-state index is 0.184. The lowest BCUT2D eigenvalue weighted by Crippen LogP contribution is -2.35.